The van der Waals surface area contributed by atoms with E-state index in [-0.39, 0.29) is 10.0 Å². The minimum absolute atomic E-state index is 0.0285. The SMILES string of the molecule is O=C(Nc1c(F)cccc1[N+](=O)[O-])c1ccc(F)c(Br)c1. The lowest BCUT2D eigenvalue weighted by Gasteiger charge is -2.07. The van der Waals surface area contributed by atoms with Gasteiger partial charge in [-0.2, -0.15) is 0 Å². The average molecular weight is 357 g/mol. The van der Waals surface area contributed by atoms with E-state index < -0.39 is 33.8 Å². The first-order valence-corrected chi connectivity index (χ1v) is 6.38. The van der Waals surface area contributed by atoms with Crippen LogP contribution in [0, 0.1) is 21.7 Å². The molecular formula is C13H7BrF2N2O3. The summed E-state index contributed by atoms with van der Waals surface area (Å²) in [5.41, 5.74) is -1.07. The van der Waals surface area contributed by atoms with Crippen LogP contribution in [-0.4, -0.2) is 10.8 Å². The van der Waals surface area contributed by atoms with Gasteiger partial charge in [-0.1, -0.05) is 6.07 Å². The molecule has 0 aliphatic heterocycles. The largest absolute Gasteiger partial charge is 0.314 e. The summed E-state index contributed by atoms with van der Waals surface area (Å²) in [6.07, 6.45) is 0. The quantitative estimate of drug-likeness (QED) is 0.669. The van der Waals surface area contributed by atoms with Crippen LogP contribution in [-0.2, 0) is 0 Å². The number of para-hydroxylation sites is 1. The zero-order chi connectivity index (χ0) is 15.6. The van der Waals surface area contributed by atoms with Gasteiger partial charge in [-0.3, -0.25) is 14.9 Å². The maximum atomic E-state index is 13.6. The van der Waals surface area contributed by atoms with Crippen molar-refractivity contribution in [2.45, 2.75) is 0 Å². The number of rotatable bonds is 3. The summed E-state index contributed by atoms with van der Waals surface area (Å²) in [6, 6.07) is 6.65. The molecule has 2 rings (SSSR count). The molecule has 0 radical (unpaired) electrons. The number of benzene rings is 2. The van der Waals surface area contributed by atoms with Crippen LogP contribution >= 0.6 is 15.9 Å². The van der Waals surface area contributed by atoms with Crippen LogP contribution < -0.4 is 5.32 Å². The van der Waals surface area contributed by atoms with E-state index >= 15 is 0 Å². The van der Waals surface area contributed by atoms with Gasteiger partial charge in [-0.15, -0.1) is 0 Å². The lowest BCUT2D eigenvalue weighted by atomic mass is 10.2. The van der Waals surface area contributed by atoms with E-state index in [1.165, 1.54) is 12.1 Å². The number of anilines is 1. The maximum absolute atomic E-state index is 13.6. The second-order valence-electron chi connectivity index (χ2n) is 3.97. The Balaban J connectivity index is 2.36. The molecule has 0 saturated carbocycles. The fraction of sp³-hybridized carbons (Fsp3) is 0. The molecule has 0 heterocycles. The molecular weight excluding hydrogens is 350 g/mol. The zero-order valence-electron chi connectivity index (χ0n) is 10.3. The molecule has 0 fully saturated rings. The number of hydrogen-bond donors (Lipinski definition) is 1. The first-order valence-electron chi connectivity index (χ1n) is 5.59. The topological polar surface area (TPSA) is 72.2 Å². The molecule has 0 aromatic heterocycles. The molecule has 8 heteroatoms. The molecule has 1 N–H and O–H groups in total. The highest BCUT2D eigenvalue weighted by atomic mass is 79.9. The highest BCUT2D eigenvalue weighted by Crippen LogP contribution is 2.27. The number of nitro benzene ring substituents is 1. The van der Waals surface area contributed by atoms with E-state index in [0.29, 0.717) is 0 Å². The summed E-state index contributed by atoms with van der Waals surface area (Å²) in [6.45, 7) is 0. The number of carbonyl (C=O) groups is 1. The Morgan fingerprint density at radius 1 is 1.19 bits per heavy atom. The van der Waals surface area contributed by atoms with E-state index in [0.717, 1.165) is 24.3 Å². The van der Waals surface area contributed by atoms with Crippen LogP contribution in [0.25, 0.3) is 0 Å². The summed E-state index contributed by atoms with van der Waals surface area (Å²) in [5.74, 6) is -2.29. The van der Waals surface area contributed by atoms with Crippen LogP contribution in [0.1, 0.15) is 10.4 Å². The number of nitro groups is 1. The van der Waals surface area contributed by atoms with Crippen LogP contribution in [0.5, 0.6) is 0 Å². The van der Waals surface area contributed by atoms with Crippen molar-refractivity contribution in [1.29, 1.82) is 0 Å². The van der Waals surface area contributed by atoms with Crippen molar-refractivity contribution in [2.75, 3.05) is 5.32 Å². The molecule has 0 aliphatic carbocycles. The van der Waals surface area contributed by atoms with Crippen molar-refractivity contribution in [1.82, 2.24) is 0 Å². The Bertz CT molecular complexity index is 737. The molecule has 0 bridgehead atoms. The van der Waals surface area contributed by atoms with Crippen LogP contribution in [0.2, 0.25) is 0 Å². The summed E-state index contributed by atoms with van der Waals surface area (Å²) < 4.78 is 26.8. The number of amides is 1. The van der Waals surface area contributed by atoms with Crippen molar-refractivity contribution in [3.8, 4) is 0 Å². The predicted molar refractivity (Wildman–Crippen MR) is 75.1 cm³/mol. The summed E-state index contributed by atoms with van der Waals surface area (Å²) in [7, 11) is 0. The normalized spacial score (nSPS) is 10.2. The second kappa shape index (κ2) is 5.96. The summed E-state index contributed by atoms with van der Waals surface area (Å²) >= 11 is 2.91. The van der Waals surface area contributed by atoms with Gasteiger partial charge in [0.15, 0.2) is 11.5 Å². The van der Waals surface area contributed by atoms with Gasteiger partial charge < -0.3 is 5.32 Å². The number of halogens is 3. The first-order chi connectivity index (χ1) is 9.90. The van der Waals surface area contributed by atoms with Crippen LogP contribution in [0.3, 0.4) is 0 Å². The third kappa shape index (κ3) is 3.22. The highest BCUT2D eigenvalue weighted by Gasteiger charge is 2.20. The smallest absolute Gasteiger partial charge is 0.295 e. The van der Waals surface area contributed by atoms with E-state index in [9.17, 15) is 23.7 Å². The lowest BCUT2D eigenvalue weighted by molar-refractivity contribution is -0.384. The standard InChI is InChI=1S/C13H7BrF2N2O3/c14-8-6-7(4-5-9(8)15)13(19)17-12-10(16)2-1-3-11(12)18(20)21/h1-6H,(H,17,19). The number of nitrogens with one attached hydrogen (secondary N) is 1. The molecule has 5 nitrogen and oxygen atoms in total. The van der Waals surface area contributed by atoms with Gasteiger partial charge in [0.2, 0.25) is 0 Å². The predicted octanol–water partition coefficient (Wildman–Crippen LogP) is 3.89. The molecule has 21 heavy (non-hydrogen) atoms. The highest BCUT2D eigenvalue weighted by molar-refractivity contribution is 9.10. The Morgan fingerprint density at radius 3 is 2.52 bits per heavy atom. The summed E-state index contributed by atoms with van der Waals surface area (Å²) in [4.78, 5) is 22.0. The molecule has 2 aromatic rings. The number of hydrogen-bond acceptors (Lipinski definition) is 3. The van der Waals surface area contributed by atoms with Crippen molar-refractivity contribution in [2.24, 2.45) is 0 Å². The summed E-state index contributed by atoms with van der Waals surface area (Å²) in [5, 5.41) is 12.9. The van der Waals surface area contributed by atoms with Crippen molar-refractivity contribution >= 4 is 33.2 Å². The average Bonchev–Trinajstić information content (AvgIpc) is 2.43. The number of carbonyl (C=O) groups excluding carboxylic acids is 1. The van der Waals surface area contributed by atoms with Gasteiger partial charge in [0, 0.05) is 11.6 Å². The fourth-order valence-electron chi connectivity index (χ4n) is 1.61. The van der Waals surface area contributed by atoms with E-state index in [4.69, 9.17) is 0 Å². The minimum atomic E-state index is -0.932. The van der Waals surface area contributed by atoms with Crippen LogP contribution in [0.15, 0.2) is 40.9 Å². The molecule has 0 aliphatic rings. The van der Waals surface area contributed by atoms with Gasteiger partial charge in [-0.05, 0) is 40.2 Å². The van der Waals surface area contributed by atoms with Crippen molar-refractivity contribution in [3.05, 3.63) is 68.2 Å². The lowest BCUT2D eigenvalue weighted by Crippen LogP contribution is -2.14. The third-order valence-electron chi connectivity index (χ3n) is 2.61. The van der Waals surface area contributed by atoms with Gasteiger partial charge in [0.1, 0.15) is 5.82 Å². The van der Waals surface area contributed by atoms with Crippen LogP contribution in [0.4, 0.5) is 20.2 Å². The third-order valence-corrected chi connectivity index (χ3v) is 3.22. The molecule has 0 spiro atoms. The maximum Gasteiger partial charge on any atom is 0.295 e. The first kappa shape index (κ1) is 15.0. The van der Waals surface area contributed by atoms with Crippen molar-refractivity contribution in [3.63, 3.8) is 0 Å². The van der Waals surface area contributed by atoms with Gasteiger partial charge in [0.05, 0.1) is 9.40 Å². The molecule has 0 atom stereocenters. The second-order valence-corrected chi connectivity index (χ2v) is 4.83. The van der Waals surface area contributed by atoms with E-state index in [1.54, 1.807) is 0 Å². The van der Waals surface area contributed by atoms with Crippen molar-refractivity contribution < 1.29 is 18.5 Å². The van der Waals surface area contributed by atoms with E-state index in [1.807, 2.05) is 0 Å². The Morgan fingerprint density at radius 2 is 1.90 bits per heavy atom. The Kier molecular flexibility index (Phi) is 4.27. The van der Waals surface area contributed by atoms with Gasteiger partial charge in [0.25, 0.3) is 11.6 Å². The fourth-order valence-corrected chi connectivity index (χ4v) is 1.99. The van der Waals surface area contributed by atoms with E-state index in [2.05, 4.69) is 21.2 Å². The van der Waals surface area contributed by atoms with Gasteiger partial charge in [-0.25, -0.2) is 8.78 Å². The zero-order valence-corrected chi connectivity index (χ0v) is 11.9. The number of nitrogens with zero attached hydrogens (tertiary/aromatic N) is 1. The molecule has 2 aromatic carbocycles. The Hall–Kier alpha value is -2.35. The molecule has 0 saturated heterocycles. The molecule has 108 valence electrons. The Labute approximate surface area is 125 Å². The minimum Gasteiger partial charge on any atom is -0.314 e. The monoisotopic (exact) mass is 356 g/mol. The van der Waals surface area contributed by atoms with Gasteiger partial charge >= 0.3 is 0 Å². The molecule has 0 unspecified atom stereocenters. The molecule has 1 amide bonds.